The Morgan fingerprint density at radius 2 is 2.00 bits per heavy atom. The lowest BCUT2D eigenvalue weighted by Gasteiger charge is -2.19. The van der Waals surface area contributed by atoms with Gasteiger partial charge >= 0.3 is 6.03 Å². The average Bonchev–Trinajstić information content (AvgIpc) is 2.94. The highest BCUT2D eigenvalue weighted by Gasteiger charge is 2.26. The molecule has 7 heteroatoms. The van der Waals surface area contributed by atoms with Crippen molar-refractivity contribution in [3.63, 3.8) is 0 Å². The number of primary amides is 1. The first kappa shape index (κ1) is 18.1. The summed E-state index contributed by atoms with van der Waals surface area (Å²) in [6, 6.07) is 5.22. The summed E-state index contributed by atoms with van der Waals surface area (Å²) in [5, 5.41) is 2.39. The molecule has 2 aromatic rings. The van der Waals surface area contributed by atoms with Crippen molar-refractivity contribution in [1.29, 1.82) is 0 Å². The van der Waals surface area contributed by atoms with Gasteiger partial charge < -0.3 is 5.73 Å². The first-order valence-corrected chi connectivity index (χ1v) is 8.56. The number of nitrogens with zero attached hydrogens (tertiary/aromatic N) is 2. The van der Waals surface area contributed by atoms with E-state index in [4.69, 9.17) is 5.73 Å². The number of imide groups is 1. The number of amides is 3. The average molecular weight is 346 g/mol. The van der Waals surface area contributed by atoms with E-state index in [-0.39, 0.29) is 5.92 Å². The van der Waals surface area contributed by atoms with Gasteiger partial charge in [-0.15, -0.1) is 0 Å². The van der Waals surface area contributed by atoms with Crippen LogP contribution < -0.4 is 11.1 Å². The number of nitrogens with one attached hydrogen (secondary N) is 1. The Kier molecular flexibility index (Phi) is 5.66. The SMILES string of the molecule is Cc1cccc(-n2ccnc2SC(C(=O)NC(N)=O)C(C)C)c1C. The minimum atomic E-state index is -0.843. The number of thioether (sulfide) groups is 1. The number of hydrogen-bond acceptors (Lipinski definition) is 4. The molecule has 3 N–H and O–H groups in total. The van der Waals surface area contributed by atoms with Gasteiger partial charge in [-0.3, -0.25) is 14.7 Å². The summed E-state index contributed by atoms with van der Waals surface area (Å²) in [5.41, 5.74) is 8.42. The Bertz CT molecular complexity index is 755. The van der Waals surface area contributed by atoms with Crippen molar-refractivity contribution in [3.8, 4) is 5.69 Å². The molecule has 0 bridgehead atoms. The van der Waals surface area contributed by atoms with Gasteiger partial charge in [0.1, 0.15) is 0 Å². The quantitative estimate of drug-likeness (QED) is 0.815. The van der Waals surface area contributed by atoms with Gasteiger partial charge in [0.25, 0.3) is 0 Å². The molecule has 0 radical (unpaired) electrons. The van der Waals surface area contributed by atoms with Crippen LogP contribution in [0.1, 0.15) is 25.0 Å². The monoisotopic (exact) mass is 346 g/mol. The van der Waals surface area contributed by atoms with E-state index in [1.54, 1.807) is 6.20 Å². The van der Waals surface area contributed by atoms with E-state index in [0.717, 1.165) is 11.3 Å². The third-order valence-electron chi connectivity index (χ3n) is 3.79. The van der Waals surface area contributed by atoms with Gasteiger partial charge in [0.2, 0.25) is 5.91 Å². The number of benzene rings is 1. The summed E-state index contributed by atoms with van der Waals surface area (Å²) in [4.78, 5) is 27.6. The van der Waals surface area contributed by atoms with Gasteiger partial charge in [-0.05, 0) is 37.0 Å². The third-order valence-corrected chi connectivity index (χ3v) is 5.31. The highest BCUT2D eigenvalue weighted by molar-refractivity contribution is 8.00. The summed E-state index contributed by atoms with van der Waals surface area (Å²) in [6.45, 7) is 7.95. The van der Waals surface area contributed by atoms with E-state index in [2.05, 4.69) is 30.2 Å². The second-order valence-corrected chi connectivity index (χ2v) is 7.04. The molecule has 6 nitrogen and oxygen atoms in total. The summed E-state index contributed by atoms with van der Waals surface area (Å²) in [7, 11) is 0. The molecule has 128 valence electrons. The Morgan fingerprint density at radius 1 is 1.29 bits per heavy atom. The van der Waals surface area contributed by atoms with Crippen LogP contribution in [-0.4, -0.2) is 26.7 Å². The molecule has 1 aromatic carbocycles. The van der Waals surface area contributed by atoms with Crippen LogP contribution in [0.5, 0.6) is 0 Å². The van der Waals surface area contributed by atoms with Crippen molar-refractivity contribution in [2.75, 3.05) is 0 Å². The minimum absolute atomic E-state index is 0.0121. The number of nitrogens with two attached hydrogens (primary N) is 1. The third kappa shape index (κ3) is 3.97. The fourth-order valence-corrected chi connectivity index (χ4v) is 3.42. The number of carbonyl (C=O) groups is 2. The number of urea groups is 1. The molecule has 0 aliphatic rings. The topological polar surface area (TPSA) is 90.0 Å². The van der Waals surface area contributed by atoms with Crippen LogP contribution in [0, 0.1) is 19.8 Å². The largest absolute Gasteiger partial charge is 0.351 e. The number of carbonyl (C=O) groups excluding carboxylic acids is 2. The van der Waals surface area contributed by atoms with Crippen molar-refractivity contribution >= 4 is 23.7 Å². The standard InChI is InChI=1S/C17H22N4O2S/c1-10(2)14(15(22)20-16(18)23)24-17-19-8-9-21(17)13-7-5-6-11(3)12(13)4/h5-10,14H,1-4H3,(H3,18,20,22,23). The fraction of sp³-hybridized carbons (Fsp3) is 0.353. The molecule has 1 atom stereocenters. The molecule has 3 amide bonds. The minimum Gasteiger partial charge on any atom is -0.351 e. The van der Waals surface area contributed by atoms with Crippen LogP contribution in [0.3, 0.4) is 0 Å². The van der Waals surface area contributed by atoms with E-state index in [9.17, 15) is 9.59 Å². The second-order valence-electron chi connectivity index (χ2n) is 5.93. The van der Waals surface area contributed by atoms with E-state index < -0.39 is 17.2 Å². The molecule has 0 spiro atoms. The number of aryl methyl sites for hydroxylation is 1. The predicted octanol–water partition coefficient (Wildman–Crippen LogP) is 2.80. The van der Waals surface area contributed by atoms with Crippen molar-refractivity contribution in [2.24, 2.45) is 11.7 Å². The normalized spacial score (nSPS) is 12.2. The number of hydrogen-bond donors (Lipinski definition) is 2. The maximum absolute atomic E-state index is 12.2. The van der Waals surface area contributed by atoms with Crippen LogP contribution >= 0.6 is 11.8 Å². The van der Waals surface area contributed by atoms with Crippen LogP contribution in [0.15, 0.2) is 35.7 Å². The van der Waals surface area contributed by atoms with Crippen LogP contribution in [0.2, 0.25) is 0 Å². The van der Waals surface area contributed by atoms with Crippen molar-refractivity contribution < 1.29 is 9.59 Å². The first-order chi connectivity index (χ1) is 11.3. The van der Waals surface area contributed by atoms with E-state index in [1.807, 2.05) is 36.7 Å². The predicted molar refractivity (Wildman–Crippen MR) is 95.2 cm³/mol. The van der Waals surface area contributed by atoms with Crippen molar-refractivity contribution in [1.82, 2.24) is 14.9 Å². The van der Waals surface area contributed by atoms with Crippen LogP contribution in [0.4, 0.5) is 4.79 Å². The molecule has 1 heterocycles. The molecule has 24 heavy (non-hydrogen) atoms. The Morgan fingerprint density at radius 3 is 2.62 bits per heavy atom. The maximum Gasteiger partial charge on any atom is 0.318 e. The first-order valence-electron chi connectivity index (χ1n) is 7.68. The Hall–Kier alpha value is -2.28. The zero-order valence-corrected chi connectivity index (χ0v) is 15.1. The highest BCUT2D eigenvalue weighted by atomic mass is 32.2. The molecule has 0 saturated heterocycles. The highest BCUT2D eigenvalue weighted by Crippen LogP contribution is 2.30. The van der Waals surface area contributed by atoms with Crippen molar-refractivity contribution in [3.05, 3.63) is 41.7 Å². The van der Waals surface area contributed by atoms with Gasteiger partial charge in [-0.2, -0.15) is 0 Å². The molecule has 1 unspecified atom stereocenters. The van der Waals surface area contributed by atoms with E-state index >= 15 is 0 Å². The smallest absolute Gasteiger partial charge is 0.318 e. The van der Waals surface area contributed by atoms with E-state index in [0.29, 0.717) is 5.16 Å². The van der Waals surface area contributed by atoms with Gasteiger partial charge in [0.15, 0.2) is 5.16 Å². The second kappa shape index (κ2) is 7.53. The van der Waals surface area contributed by atoms with Gasteiger partial charge in [-0.25, -0.2) is 9.78 Å². The molecular formula is C17H22N4O2S. The van der Waals surface area contributed by atoms with Gasteiger partial charge in [0, 0.05) is 12.4 Å². The number of aromatic nitrogens is 2. The summed E-state index contributed by atoms with van der Waals surface area (Å²) in [5.74, 6) is -0.392. The zero-order valence-electron chi connectivity index (χ0n) is 14.2. The molecule has 1 aromatic heterocycles. The van der Waals surface area contributed by atoms with Gasteiger partial charge in [-0.1, -0.05) is 37.7 Å². The molecule has 2 rings (SSSR count). The fourth-order valence-electron chi connectivity index (χ4n) is 2.36. The van der Waals surface area contributed by atoms with Crippen LogP contribution in [-0.2, 0) is 4.79 Å². The Labute approximate surface area is 145 Å². The number of rotatable bonds is 5. The summed E-state index contributed by atoms with van der Waals surface area (Å²) in [6.07, 6.45) is 3.57. The molecule has 0 fully saturated rings. The maximum atomic E-state index is 12.2. The molecule has 0 aliphatic carbocycles. The van der Waals surface area contributed by atoms with Crippen molar-refractivity contribution in [2.45, 2.75) is 38.1 Å². The van der Waals surface area contributed by atoms with Gasteiger partial charge in [0.05, 0.1) is 10.9 Å². The lowest BCUT2D eigenvalue weighted by Crippen LogP contribution is -2.42. The molecule has 0 saturated carbocycles. The lowest BCUT2D eigenvalue weighted by atomic mass is 10.1. The van der Waals surface area contributed by atoms with Crippen LogP contribution in [0.25, 0.3) is 5.69 Å². The van der Waals surface area contributed by atoms with E-state index in [1.165, 1.54) is 17.3 Å². The zero-order chi connectivity index (χ0) is 17.9. The summed E-state index contributed by atoms with van der Waals surface area (Å²) >= 11 is 1.32. The lowest BCUT2D eigenvalue weighted by molar-refractivity contribution is -0.120. The Balaban J connectivity index is 2.33. The molecule has 0 aliphatic heterocycles. The summed E-state index contributed by atoms with van der Waals surface area (Å²) < 4.78 is 1.96. The molecular weight excluding hydrogens is 324 g/mol. The number of imidazole rings is 1.